The van der Waals surface area contributed by atoms with Gasteiger partial charge in [0.1, 0.15) is 0 Å². The van der Waals surface area contributed by atoms with E-state index in [-0.39, 0.29) is 12.1 Å². The zero-order chi connectivity index (χ0) is 11.5. The van der Waals surface area contributed by atoms with Gasteiger partial charge >= 0.3 is 0 Å². The van der Waals surface area contributed by atoms with Crippen molar-refractivity contribution in [2.45, 2.75) is 51.4 Å². The van der Waals surface area contributed by atoms with E-state index in [0.717, 1.165) is 30.7 Å². The third-order valence-corrected chi connectivity index (χ3v) is 3.34. The minimum Gasteiger partial charge on any atom is -0.370 e. The SMILES string of the molecule is CCc1cc(COC2CCCC2N)n(C)n1. The van der Waals surface area contributed by atoms with Gasteiger partial charge in [0.25, 0.3) is 0 Å². The van der Waals surface area contributed by atoms with Crippen LogP contribution in [0.15, 0.2) is 6.07 Å². The summed E-state index contributed by atoms with van der Waals surface area (Å²) in [5, 5.41) is 4.40. The average molecular weight is 223 g/mol. The smallest absolute Gasteiger partial charge is 0.0889 e. The fourth-order valence-electron chi connectivity index (χ4n) is 2.23. The quantitative estimate of drug-likeness (QED) is 0.839. The Morgan fingerprint density at radius 1 is 1.56 bits per heavy atom. The Morgan fingerprint density at radius 3 is 2.94 bits per heavy atom. The summed E-state index contributed by atoms with van der Waals surface area (Å²) in [6.45, 7) is 2.74. The molecular weight excluding hydrogens is 202 g/mol. The van der Waals surface area contributed by atoms with Crippen LogP contribution >= 0.6 is 0 Å². The summed E-state index contributed by atoms with van der Waals surface area (Å²) in [6.07, 6.45) is 4.59. The maximum absolute atomic E-state index is 5.97. The van der Waals surface area contributed by atoms with E-state index in [9.17, 15) is 0 Å². The number of aryl methyl sites for hydroxylation is 2. The van der Waals surface area contributed by atoms with Crippen molar-refractivity contribution in [3.63, 3.8) is 0 Å². The highest BCUT2D eigenvalue weighted by atomic mass is 16.5. The topological polar surface area (TPSA) is 53.1 Å². The van der Waals surface area contributed by atoms with Gasteiger partial charge in [0, 0.05) is 13.1 Å². The Labute approximate surface area is 96.8 Å². The lowest BCUT2D eigenvalue weighted by Crippen LogP contribution is -2.31. The minimum atomic E-state index is 0.221. The van der Waals surface area contributed by atoms with Crippen LogP contribution in [-0.2, 0) is 24.8 Å². The molecule has 2 rings (SSSR count). The van der Waals surface area contributed by atoms with Crippen LogP contribution in [0.4, 0.5) is 0 Å². The highest BCUT2D eigenvalue weighted by Gasteiger charge is 2.24. The highest BCUT2D eigenvalue weighted by Crippen LogP contribution is 2.21. The van der Waals surface area contributed by atoms with Crippen molar-refractivity contribution in [3.8, 4) is 0 Å². The molecule has 16 heavy (non-hydrogen) atoms. The van der Waals surface area contributed by atoms with Crippen molar-refractivity contribution in [1.82, 2.24) is 9.78 Å². The number of hydrogen-bond acceptors (Lipinski definition) is 3. The summed E-state index contributed by atoms with van der Waals surface area (Å²) < 4.78 is 7.76. The van der Waals surface area contributed by atoms with E-state index in [1.165, 1.54) is 6.42 Å². The van der Waals surface area contributed by atoms with Crippen LogP contribution in [0.3, 0.4) is 0 Å². The first kappa shape index (κ1) is 11.6. The second-order valence-corrected chi connectivity index (χ2v) is 4.55. The maximum atomic E-state index is 5.97. The molecule has 1 aromatic heterocycles. The van der Waals surface area contributed by atoms with E-state index < -0.39 is 0 Å². The Morgan fingerprint density at radius 2 is 2.38 bits per heavy atom. The molecule has 0 bridgehead atoms. The van der Waals surface area contributed by atoms with Crippen LogP contribution in [0.1, 0.15) is 37.6 Å². The lowest BCUT2D eigenvalue weighted by atomic mass is 10.2. The first-order valence-electron chi connectivity index (χ1n) is 6.09. The number of hydrogen-bond donors (Lipinski definition) is 1. The predicted octanol–water partition coefficient (Wildman–Crippen LogP) is 1.38. The second-order valence-electron chi connectivity index (χ2n) is 4.55. The number of rotatable bonds is 4. The van der Waals surface area contributed by atoms with Gasteiger partial charge in [-0.25, -0.2) is 0 Å². The van der Waals surface area contributed by atoms with E-state index in [4.69, 9.17) is 10.5 Å². The molecule has 2 N–H and O–H groups in total. The zero-order valence-corrected chi connectivity index (χ0v) is 10.1. The van der Waals surface area contributed by atoms with Gasteiger partial charge < -0.3 is 10.5 Å². The van der Waals surface area contributed by atoms with Gasteiger partial charge in [-0.05, 0) is 31.7 Å². The molecule has 0 aliphatic heterocycles. The minimum absolute atomic E-state index is 0.221. The standard InChI is InChI=1S/C12H21N3O/c1-3-9-7-10(15(2)14-9)8-16-12-6-4-5-11(12)13/h7,11-12H,3-6,8,13H2,1-2H3. The summed E-state index contributed by atoms with van der Waals surface area (Å²) in [4.78, 5) is 0. The van der Waals surface area contributed by atoms with Crippen molar-refractivity contribution >= 4 is 0 Å². The predicted molar refractivity (Wildman–Crippen MR) is 63.0 cm³/mol. The number of aromatic nitrogens is 2. The van der Waals surface area contributed by atoms with Gasteiger partial charge in [0.15, 0.2) is 0 Å². The summed E-state index contributed by atoms with van der Waals surface area (Å²) in [5.74, 6) is 0. The summed E-state index contributed by atoms with van der Waals surface area (Å²) >= 11 is 0. The normalized spacial score (nSPS) is 25.2. The molecule has 2 unspecified atom stereocenters. The Balaban J connectivity index is 1.91. The summed E-state index contributed by atoms with van der Waals surface area (Å²) in [6, 6.07) is 2.33. The Bertz CT molecular complexity index is 348. The second kappa shape index (κ2) is 4.97. The first-order chi connectivity index (χ1) is 7.70. The van der Waals surface area contributed by atoms with Crippen molar-refractivity contribution < 1.29 is 4.74 Å². The Kier molecular flexibility index (Phi) is 3.61. The Hall–Kier alpha value is -0.870. The van der Waals surface area contributed by atoms with Gasteiger partial charge in [-0.3, -0.25) is 4.68 Å². The molecule has 1 aliphatic carbocycles. The van der Waals surface area contributed by atoms with E-state index in [1.54, 1.807) is 0 Å². The van der Waals surface area contributed by atoms with Gasteiger partial charge in [-0.1, -0.05) is 6.92 Å². The molecule has 90 valence electrons. The van der Waals surface area contributed by atoms with Crippen molar-refractivity contribution in [2.24, 2.45) is 12.8 Å². The molecule has 0 radical (unpaired) electrons. The van der Waals surface area contributed by atoms with Crippen LogP contribution in [0.5, 0.6) is 0 Å². The first-order valence-corrected chi connectivity index (χ1v) is 6.09. The molecule has 1 heterocycles. The van der Waals surface area contributed by atoms with Crippen molar-refractivity contribution in [2.75, 3.05) is 0 Å². The molecule has 0 aromatic carbocycles. The van der Waals surface area contributed by atoms with E-state index >= 15 is 0 Å². The van der Waals surface area contributed by atoms with Gasteiger partial charge in [-0.15, -0.1) is 0 Å². The monoisotopic (exact) mass is 223 g/mol. The molecule has 4 nitrogen and oxygen atoms in total. The van der Waals surface area contributed by atoms with Crippen LogP contribution in [0.25, 0.3) is 0 Å². The van der Waals surface area contributed by atoms with E-state index in [1.807, 2.05) is 11.7 Å². The maximum Gasteiger partial charge on any atom is 0.0889 e. The van der Waals surface area contributed by atoms with Gasteiger partial charge in [0.05, 0.1) is 24.1 Å². The van der Waals surface area contributed by atoms with Crippen LogP contribution < -0.4 is 5.73 Å². The fraction of sp³-hybridized carbons (Fsp3) is 0.750. The molecule has 1 fully saturated rings. The van der Waals surface area contributed by atoms with Crippen molar-refractivity contribution in [3.05, 3.63) is 17.5 Å². The molecule has 0 amide bonds. The molecular formula is C12H21N3O. The molecule has 1 saturated carbocycles. The zero-order valence-electron chi connectivity index (χ0n) is 10.1. The summed E-state index contributed by atoms with van der Waals surface area (Å²) in [7, 11) is 1.96. The lowest BCUT2D eigenvalue weighted by Gasteiger charge is -2.16. The lowest BCUT2D eigenvalue weighted by molar-refractivity contribution is 0.0323. The third-order valence-electron chi connectivity index (χ3n) is 3.34. The fourth-order valence-corrected chi connectivity index (χ4v) is 2.23. The molecule has 4 heteroatoms. The molecule has 0 spiro atoms. The highest BCUT2D eigenvalue weighted by molar-refractivity contribution is 5.09. The van der Waals surface area contributed by atoms with Gasteiger partial charge in [0.2, 0.25) is 0 Å². The van der Waals surface area contributed by atoms with E-state index in [0.29, 0.717) is 6.61 Å². The third kappa shape index (κ3) is 2.44. The number of nitrogens with two attached hydrogens (primary N) is 1. The molecule has 0 saturated heterocycles. The molecule has 1 aliphatic rings. The molecule has 1 aromatic rings. The summed E-state index contributed by atoms with van der Waals surface area (Å²) in [5.41, 5.74) is 8.22. The molecule has 2 atom stereocenters. The number of ether oxygens (including phenoxy) is 1. The largest absolute Gasteiger partial charge is 0.370 e. The van der Waals surface area contributed by atoms with E-state index in [2.05, 4.69) is 18.1 Å². The number of nitrogens with zero attached hydrogens (tertiary/aromatic N) is 2. The van der Waals surface area contributed by atoms with Gasteiger partial charge in [-0.2, -0.15) is 5.10 Å². The average Bonchev–Trinajstić information content (AvgIpc) is 2.82. The van der Waals surface area contributed by atoms with Crippen molar-refractivity contribution in [1.29, 1.82) is 0 Å². The van der Waals surface area contributed by atoms with Crippen LogP contribution in [0.2, 0.25) is 0 Å². The van der Waals surface area contributed by atoms with Crippen LogP contribution in [-0.4, -0.2) is 21.9 Å². The van der Waals surface area contributed by atoms with Crippen LogP contribution in [0, 0.1) is 0 Å².